The maximum atomic E-state index is 13.2. The molecule has 0 spiro atoms. The Balaban J connectivity index is 1.31. The molecule has 2 aliphatic heterocycles. The van der Waals surface area contributed by atoms with E-state index in [-0.39, 0.29) is 11.7 Å². The van der Waals surface area contributed by atoms with E-state index < -0.39 is 0 Å². The molecule has 29 heavy (non-hydrogen) atoms. The number of oxime groups is 1. The molecule has 1 fully saturated rings. The molecule has 2 aromatic rings. The van der Waals surface area contributed by atoms with Crippen LogP contribution in [0.3, 0.4) is 0 Å². The first-order valence-electron chi connectivity index (χ1n) is 10.1. The molecule has 0 bridgehead atoms. The second-order valence-electron chi connectivity index (χ2n) is 7.79. The minimum atomic E-state index is -0.259. The highest BCUT2D eigenvalue weighted by Crippen LogP contribution is 2.26. The summed E-state index contributed by atoms with van der Waals surface area (Å²) in [7, 11) is 1.53. The molecule has 0 aliphatic carbocycles. The molecule has 2 heterocycles. The number of carbonyl (C=O) groups excluding carboxylic acids is 1. The molecule has 4 rings (SSSR count). The number of piperidine rings is 1. The van der Waals surface area contributed by atoms with Crippen molar-refractivity contribution in [3.05, 3.63) is 71.0 Å². The predicted molar refractivity (Wildman–Crippen MR) is 110 cm³/mol. The molecule has 1 amide bonds. The zero-order valence-corrected chi connectivity index (χ0v) is 16.7. The molecule has 1 saturated heterocycles. The summed E-state index contributed by atoms with van der Waals surface area (Å²) in [6.07, 6.45) is 2.09. The number of hydrogen-bond donors (Lipinski definition) is 0. The Morgan fingerprint density at radius 2 is 1.86 bits per heavy atom. The van der Waals surface area contributed by atoms with Gasteiger partial charge in [0.15, 0.2) is 0 Å². The number of benzene rings is 2. The molecule has 2 aliphatic rings. The van der Waals surface area contributed by atoms with Crippen molar-refractivity contribution in [1.82, 2.24) is 9.80 Å². The Bertz CT molecular complexity index is 889. The highest BCUT2D eigenvalue weighted by Gasteiger charge is 2.30. The summed E-state index contributed by atoms with van der Waals surface area (Å²) in [4.78, 5) is 21.9. The lowest BCUT2D eigenvalue weighted by molar-refractivity contribution is 0.0719. The van der Waals surface area contributed by atoms with E-state index in [1.807, 2.05) is 29.2 Å². The van der Waals surface area contributed by atoms with Gasteiger partial charge >= 0.3 is 0 Å². The van der Waals surface area contributed by atoms with Gasteiger partial charge in [0, 0.05) is 30.8 Å². The molecule has 0 radical (unpaired) electrons. The van der Waals surface area contributed by atoms with Crippen LogP contribution < -0.4 is 0 Å². The molecule has 6 heteroatoms. The van der Waals surface area contributed by atoms with Crippen LogP contribution in [0.15, 0.2) is 53.7 Å². The number of carbonyl (C=O) groups is 1. The van der Waals surface area contributed by atoms with Crippen LogP contribution >= 0.6 is 0 Å². The molecule has 0 unspecified atom stereocenters. The van der Waals surface area contributed by atoms with E-state index in [2.05, 4.69) is 10.1 Å². The van der Waals surface area contributed by atoms with E-state index in [9.17, 15) is 9.18 Å². The minimum Gasteiger partial charge on any atom is -0.399 e. The number of halogens is 1. The smallest absolute Gasteiger partial charge is 0.254 e. The van der Waals surface area contributed by atoms with Crippen LogP contribution in [-0.4, -0.2) is 54.7 Å². The lowest BCUT2D eigenvalue weighted by atomic mass is 9.95. The Morgan fingerprint density at radius 3 is 2.55 bits per heavy atom. The van der Waals surface area contributed by atoms with Crippen LogP contribution in [0.4, 0.5) is 4.39 Å². The Morgan fingerprint density at radius 1 is 1.14 bits per heavy atom. The summed E-state index contributed by atoms with van der Waals surface area (Å²) in [5.74, 6) is 0.414. The van der Waals surface area contributed by atoms with Gasteiger partial charge in [0.05, 0.1) is 0 Å². The zero-order valence-electron chi connectivity index (χ0n) is 16.7. The SMILES string of the molecule is CO/N=C(/CN1CCC(CN2Cc3ccccc3C2=O)CC1)c1ccc(F)cc1. The first-order chi connectivity index (χ1) is 14.1. The Hall–Kier alpha value is -2.73. The van der Waals surface area contributed by atoms with Crippen molar-refractivity contribution in [2.75, 3.05) is 33.3 Å². The van der Waals surface area contributed by atoms with Crippen LogP contribution in [-0.2, 0) is 11.4 Å². The first kappa shape index (κ1) is 19.6. The summed E-state index contributed by atoms with van der Waals surface area (Å²) in [6.45, 7) is 4.11. The molecular weight excluding hydrogens is 369 g/mol. The number of fused-ring (bicyclic) bond motifs is 1. The molecular formula is C23H26FN3O2. The lowest BCUT2D eigenvalue weighted by Gasteiger charge is -2.34. The Kier molecular flexibility index (Phi) is 5.90. The number of nitrogens with zero attached hydrogens (tertiary/aromatic N) is 3. The van der Waals surface area contributed by atoms with Crippen molar-refractivity contribution < 1.29 is 14.0 Å². The minimum absolute atomic E-state index is 0.161. The zero-order chi connectivity index (χ0) is 20.2. The maximum absolute atomic E-state index is 13.2. The average molecular weight is 395 g/mol. The van der Waals surface area contributed by atoms with Gasteiger partial charge in [0.1, 0.15) is 18.6 Å². The van der Waals surface area contributed by atoms with Crippen LogP contribution in [0.1, 0.15) is 34.3 Å². The number of hydrogen-bond acceptors (Lipinski definition) is 4. The summed E-state index contributed by atoms with van der Waals surface area (Å²) in [5.41, 5.74) is 3.66. The van der Waals surface area contributed by atoms with Gasteiger partial charge in [-0.3, -0.25) is 9.69 Å². The van der Waals surface area contributed by atoms with Gasteiger partial charge < -0.3 is 9.74 Å². The Labute approximate surface area is 170 Å². The van der Waals surface area contributed by atoms with E-state index in [1.54, 1.807) is 12.1 Å². The van der Waals surface area contributed by atoms with Crippen molar-refractivity contribution >= 4 is 11.6 Å². The van der Waals surface area contributed by atoms with Gasteiger partial charge in [0.25, 0.3) is 5.91 Å². The van der Waals surface area contributed by atoms with Crippen molar-refractivity contribution in [2.45, 2.75) is 19.4 Å². The van der Waals surface area contributed by atoms with Gasteiger partial charge in [-0.1, -0.05) is 35.5 Å². The standard InChI is InChI=1S/C23H26FN3O2/c1-29-25-22(18-6-8-20(24)9-7-18)16-26-12-10-17(11-13-26)14-27-15-19-4-2-3-5-21(19)23(27)28/h2-9,17H,10-16H2,1H3/b25-22-. The van der Waals surface area contributed by atoms with Crippen LogP contribution in [0.2, 0.25) is 0 Å². The van der Waals surface area contributed by atoms with Crippen LogP contribution in [0, 0.1) is 11.7 Å². The third-order valence-corrected chi connectivity index (χ3v) is 5.83. The summed E-state index contributed by atoms with van der Waals surface area (Å²) >= 11 is 0. The monoisotopic (exact) mass is 395 g/mol. The van der Waals surface area contributed by atoms with E-state index in [1.165, 1.54) is 19.2 Å². The fourth-order valence-corrected chi connectivity index (χ4v) is 4.24. The molecule has 2 aromatic carbocycles. The number of amides is 1. The van der Waals surface area contributed by atoms with E-state index in [0.29, 0.717) is 12.5 Å². The van der Waals surface area contributed by atoms with Crippen LogP contribution in [0.5, 0.6) is 0 Å². The number of likely N-dealkylation sites (tertiary alicyclic amines) is 1. The van der Waals surface area contributed by atoms with Gasteiger partial charge in [-0.05, 0) is 55.6 Å². The summed E-state index contributed by atoms with van der Waals surface area (Å²) < 4.78 is 13.2. The largest absolute Gasteiger partial charge is 0.399 e. The maximum Gasteiger partial charge on any atom is 0.254 e. The lowest BCUT2D eigenvalue weighted by Crippen LogP contribution is -2.41. The highest BCUT2D eigenvalue weighted by atomic mass is 19.1. The molecule has 0 atom stereocenters. The fraction of sp³-hybridized carbons (Fsp3) is 0.391. The van der Waals surface area contributed by atoms with Gasteiger partial charge in [-0.2, -0.15) is 0 Å². The van der Waals surface area contributed by atoms with Crippen molar-refractivity contribution in [1.29, 1.82) is 0 Å². The second kappa shape index (κ2) is 8.74. The van der Waals surface area contributed by atoms with Gasteiger partial charge in [0.2, 0.25) is 0 Å². The van der Waals surface area contributed by atoms with Crippen LogP contribution in [0.25, 0.3) is 0 Å². The third kappa shape index (κ3) is 4.48. The normalized spacial score (nSPS) is 18.2. The number of rotatable bonds is 6. The molecule has 0 aromatic heterocycles. The van der Waals surface area contributed by atoms with Crippen molar-refractivity contribution in [2.24, 2.45) is 11.1 Å². The van der Waals surface area contributed by atoms with Crippen molar-refractivity contribution in [3.63, 3.8) is 0 Å². The molecule has 5 nitrogen and oxygen atoms in total. The predicted octanol–water partition coefficient (Wildman–Crippen LogP) is 3.54. The van der Waals surface area contributed by atoms with E-state index in [4.69, 9.17) is 4.84 Å². The van der Waals surface area contributed by atoms with E-state index >= 15 is 0 Å². The summed E-state index contributed by atoms with van der Waals surface area (Å²) in [6, 6.07) is 14.2. The first-order valence-corrected chi connectivity index (χ1v) is 10.1. The van der Waals surface area contributed by atoms with Crippen molar-refractivity contribution in [3.8, 4) is 0 Å². The molecule has 0 N–H and O–H groups in total. The third-order valence-electron chi connectivity index (χ3n) is 5.83. The van der Waals surface area contributed by atoms with Gasteiger partial charge in [-0.15, -0.1) is 0 Å². The van der Waals surface area contributed by atoms with Gasteiger partial charge in [-0.25, -0.2) is 4.39 Å². The second-order valence-corrected chi connectivity index (χ2v) is 7.79. The highest BCUT2D eigenvalue weighted by molar-refractivity contribution is 6.01. The molecule has 0 saturated carbocycles. The topological polar surface area (TPSA) is 45.1 Å². The quantitative estimate of drug-likeness (QED) is 0.555. The van der Waals surface area contributed by atoms with E-state index in [0.717, 1.165) is 61.4 Å². The molecule has 152 valence electrons. The fourth-order valence-electron chi connectivity index (χ4n) is 4.24. The summed E-state index contributed by atoms with van der Waals surface area (Å²) in [5, 5.41) is 4.15. The average Bonchev–Trinajstić information content (AvgIpc) is 3.05.